The van der Waals surface area contributed by atoms with Gasteiger partial charge in [0.2, 0.25) is 0 Å². The molecular formula is C25H30N4O4S. The summed E-state index contributed by atoms with van der Waals surface area (Å²) >= 11 is 0. The van der Waals surface area contributed by atoms with Gasteiger partial charge in [-0.15, -0.1) is 0 Å². The molecule has 3 heterocycles. The van der Waals surface area contributed by atoms with Gasteiger partial charge >= 0.3 is 0 Å². The number of ketones is 1. The van der Waals surface area contributed by atoms with Crippen molar-refractivity contribution in [2.45, 2.75) is 56.5 Å². The van der Waals surface area contributed by atoms with E-state index in [1.165, 1.54) is 0 Å². The lowest BCUT2D eigenvalue weighted by Gasteiger charge is -2.27. The first-order chi connectivity index (χ1) is 16.4. The molecule has 2 aliphatic heterocycles. The van der Waals surface area contributed by atoms with Gasteiger partial charge in [-0.25, -0.2) is 13.4 Å². The van der Waals surface area contributed by atoms with Gasteiger partial charge in [0.05, 0.1) is 39.5 Å². The van der Waals surface area contributed by atoms with Crippen molar-refractivity contribution >= 4 is 32.3 Å². The molecule has 2 unspecified atom stereocenters. The fourth-order valence-corrected chi connectivity index (χ4v) is 5.81. The van der Waals surface area contributed by atoms with E-state index < -0.39 is 9.84 Å². The predicted molar refractivity (Wildman–Crippen MR) is 131 cm³/mol. The molecule has 0 spiro atoms. The number of aromatic amines is 1. The Morgan fingerprint density at radius 2 is 1.97 bits per heavy atom. The van der Waals surface area contributed by atoms with E-state index in [-0.39, 0.29) is 28.5 Å². The van der Waals surface area contributed by atoms with Crippen LogP contribution in [0.4, 0.5) is 5.69 Å². The average Bonchev–Trinajstić information content (AvgIpc) is 3.59. The molecule has 0 aliphatic carbocycles. The lowest BCUT2D eigenvalue weighted by molar-refractivity contribution is -0.118. The van der Waals surface area contributed by atoms with E-state index >= 15 is 0 Å². The molecule has 1 aromatic heterocycles. The quantitative estimate of drug-likeness (QED) is 0.522. The third-order valence-corrected chi connectivity index (χ3v) is 8.54. The minimum Gasteiger partial charge on any atom is -0.455 e. The number of Topliss-reactive ketones (excluding diaryl/α,β-unsaturated/α-hetero) is 1. The van der Waals surface area contributed by atoms with Crippen LogP contribution in [0, 0.1) is 0 Å². The zero-order chi connectivity index (χ0) is 23.9. The number of ether oxygens (including phenoxy) is 1. The Morgan fingerprint density at radius 1 is 1.18 bits per heavy atom. The number of hydrogen-bond acceptors (Lipinski definition) is 7. The van der Waals surface area contributed by atoms with Gasteiger partial charge in [0.1, 0.15) is 11.6 Å². The van der Waals surface area contributed by atoms with Gasteiger partial charge in [0, 0.05) is 12.6 Å². The molecule has 2 aromatic carbocycles. The van der Waals surface area contributed by atoms with Crippen molar-refractivity contribution in [1.82, 2.24) is 15.3 Å². The Kier molecular flexibility index (Phi) is 6.07. The number of anilines is 1. The predicted octanol–water partition coefficient (Wildman–Crippen LogP) is 4.13. The Hall–Kier alpha value is -2.91. The summed E-state index contributed by atoms with van der Waals surface area (Å²) in [7, 11) is -3.28. The van der Waals surface area contributed by atoms with E-state index in [0.717, 1.165) is 61.3 Å². The van der Waals surface area contributed by atoms with Crippen LogP contribution in [0.1, 0.15) is 51.4 Å². The number of imidazole rings is 1. The maximum Gasteiger partial charge on any atom is 0.178 e. The molecule has 2 aliphatic rings. The van der Waals surface area contributed by atoms with E-state index in [4.69, 9.17) is 9.72 Å². The highest BCUT2D eigenvalue weighted by Crippen LogP contribution is 2.40. The molecule has 2 N–H and O–H groups in total. The Balaban J connectivity index is 1.54. The second-order valence-electron chi connectivity index (χ2n) is 9.05. The molecule has 0 bridgehead atoms. The van der Waals surface area contributed by atoms with Crippen molar-refractivity contribution in [2.24, 2.45) is 0 Å². The minimum absolute atomic E-state index is 0.0484. The highest BCUT2D eigenvalue weighted by Gasteiger charge is 2.31. The van der Waals surface area contributed by atoms with Crippen LogP contribution in [0.5, 0.6) is 11.5 Å². The number of benzene rings is 2. The Bertz CT molecular complexity index is 1310. The van der Waals surface area contributed by atoms with Crippen molar-refractivity contribution in [3.8, 4) is 11.5 Å². The van der Waals surface area contributed by atoms with E-state index in [1.807, 2.05) is 12.1 Å². The molecule has 2 fully saturated rings. The molecule has 180 valence electrons. The number of carbonyl (C=O) groups is 1. The summed E-state index contributed by atoms with van der Waals surface area (Å²) in [6, 6.07) is 10.4. The van der Waals surface area contributed by atoms with Crippen LogP contribution in [0.25, 0.3) is 11.0 Å². The van der Waals surface area contributed by atoms with Gasteiger partial charge in [-0.05, 0) is 69.5 Å². The first-order valence-electron chi connectivity index (χ1n) is 11.9. The smallest absolute Gasteiger partial charge is 0.178 e. The molecule has 0 radical (unpaired) electrons. The molecule has 9 heteroatoms. The molecule has 2 atom stereocenters. The van der Waals surface area contributed by atoms with Crippen LogP contribution >= 0.6 is 0 Å². The summed E-state index contributed by atoms with van der Waals surface area (Å²) in [5, 5.41) is 3.47. The van der Waals surface area contributed by atoms with E-state index in [0.29, 0.717) is 11.5 Å². The third kappa shape index (κ3) is 4.30. The fourth-order valence-electron chi connectivity index (χ4n) is 4.92. The van der Waals surface area contributed by atoms with Crippen molar-refractivity contribution in [3.63, 3.8) is 0 Å². The first-order valence-corrected chi connectivity index (χ1v) is 13.6. The zero-order valence-electron chi connectivity index (χ0n) is 19.5. The Labute approximate surface area is 199 Å². The summed E-state index contributed by atoms with van der Waals surface area (Å²) < 4.78 is 30.6. The number of hydrogen-bond donors (Lipinski definition) is 2. The van der Waals surface area contributed by atoms with E-state index in [2.05, 4.69) is 15.2 Å². The lowest BCUT2D eigenvalue weighted by Crippen LogP contribution is -2.34. The fraction of sp³-hybridized carbons (Fsp3) is 0.440. The van der Waals surface area contributed by atoms with Gasteiger partial charge in [0.15, 0.2) is 21.4 Å². The Morgan fingerprint density at radius 3 is 2.65 bits per heavy atom. The van der Waals surface area contributed by atoms with Crippen LogP contribution in [0.2, 0.25) is 0 Å². The van der Waals surface area contributed by atoms with E-state index in [1.54, 1.807) is 38.1 Å². The SMILES string of the molecule is CCS(=O)(=O)c1ccc(Oc2cc3nc(C4CCCN4)[nH]c3cc2N2CCCC2C(C)=O)cc1. The van der Waals surface area contributed by atoms with Crippen molar-refractivity contribution in [3.05, 3.63) is 42.2 Å². The monoisotopic (exact) mass is 482 g/mol. The van der Waals surface area contributed by atoms with Crippen LogP contribution in [0.15, 0.2) is 41.3 Å². The third-order valence-electron chi connectivity index (χ3n) is 6.79. The maximum absolute atomic E-state index is 12.3. The summed E-state index contributed by atoms with van der Waals surface area (Å²) in [4.78, 5) is 23.0. The average molecular weight is 483 g/mol. The number of rotatable bonds is 7. The molecular weight excluding hydrogens is 452 g/mol. The topological polar surface area (TPSA) is 104 Å². The summed E-state index contributed by atoms with van der Waals surface area (Å²) in [6.45, 7) is 5.01. The van der Waals surface area contributed by atoms with Gasteiger partial charge in [-0.1, -0.05) is 6.92 Å². The summed E-state index contributed by atoms with van der Waals surface area (Å²) in [5.74, 6) is 2.23. The highest BCUT2D eigenvalue weighted by molar-refractivity contribution is 7.91. The molecule has 3 aromatic rings. The number of nitrogens with zero attached hydrogens (tertiary/aromatic N) is 2. The maximum atomic E-state index is 12.3. The molecule has 0 amide bonds. The van der Waals surface area contributed by atoms with Gasteiger partial charge in [-0.3, -0.25) is 4.79 Å². The van der Waals surface area contributed by atoms with Crippen molar-refractivity contribution in [1.29, 1.82) is 0 Å². The van der Waals surface area contributed by atoms with Gasteiger partial charge < -0.3 is 19.9 Å². The van der Waals surface area contributed by atoms with Gasteiger partial charge in [0.25, 0.3) is 0 Å². The van der Waals surface area contributed by atoms with Crippen LogP contribution < -0.4 is 15.0 Å². The number of aromatic nitrogens is 2. The van der Waals surface area contributed by atoms with E-state index in [9.17, 15) is 13.2 Å². The second-order valence-corrected chi connectivity index (χ2v) is 11.3. The normalized spacial score (nSPS) is 20.8. The molecule has 0 saturated carbocycles. The highest BCUT2D eigenvalue weighted by atomic mass is 32.2. The van der Waals surface area contributed by atoms with Crippen LogP contribution in [-0.4, -0.2) is 49.1 Å². The molecule has 5 rings (SSSR count). The number of sulfone groups is 1. The van der Waals surface area contributed by atoms with Crippen LogP contribution in [-0.2, 0) is 14.6 Å². The lowest BCUT2D eigenvalue weighted by atomic mass is 10.1. The van der Waals surface area contributed by atoms with Crippen molar-refractivity contribution in [2.75, 3.05) is 23.7 Å². The molecule has 34 heavy (non-hydrogen) atoms. The van der Waals surface area contributed by atoms with Crippen molar-refractivity contribution < 1.29 is 17.9 Å². The number of H-pyrrole nitrogens is 1. The minimum atomic E-state index is -3.28. The molecule has 2 saturated heterocycles. The second kappa shape index (κ2) is 9.03. The first kappa shape index (κ1) is 22.9. The standard InChI is InChI=1S/C25H30N4O4S/c1-3-34(31,32)18-10-8-17(9-11-18)33-24-15-21-20(27-25(28-21)19-6-4-12-26-19)14-23(24)29-13-5-7-22(29)16(2)30/h8-11,14-15,19,22,26H,3-7,12-13H2,1-2H3,(H,27,28). The number of carbonyl (C=O) groups excluding carboxylic acids is 1. The van der Waals surface area contributed by atoms with Crippen LogP contribution in [0.3, 0.4) is 0 Å². The van der Waals surface area contributed by atoms with Gasteiger partial charge in [-0.2, -0.15) is 0 Å². The molecule has 8 nitrogen and oxygen atoms in total. The summed E-state index contributed by atoms with van der Waals surface area (Å²) in [5.41, 5.74) is 2.54. The summed E-state index contributed by atoms with van der Waals surface area (Å²) in [6.07, 6.45) is 3.92. The number of nitrogens with one attached hydrogen (secondary N) is 2. The largest absolute Gasteiger partial charge is 0.455 e. The number of fused-ring (bicyclic) bond motifs is 1. The zero-order valence-corrected chi connectivity index (χ0v) is 20.3.